The normalized spacial score (nSPS) is 17.6. The molecule has 26 heavy (non-hydrogen) atoms. The highest BCUT2D eigenvalue weighted by Gasteiger charge is 2.35. The highest BCUT2D eigenvalue weighted by Crippen LogP contribution is 2.41. The fourth-order valence-corrected chi connectivity index (χ4v) is 3.06. The molecule has 1 N–H and O–H groups in total. The Morgan fingerprint density at radius 1 is 1.27 bits per heavy atom. The van der Waals surface area contributed by atoms with Crippen molar-refractivity contribution in [1.82, 2.24) is 5.32 Å². The second-order valence-electron chi connectivity index (χ2n) is 6.80. The highest BCUT2D eigenvalue weighted by molar-refractivity contribution is 5.94. The van der Waals surface area contributed by atoms with Crippen LogP contribution in [0, 0.1) is 10.1 Å². The van der Waals surface area contributed by atoms with Gasteiger partial charge in [0.15, 0.2) is 0 Å². The molecule has 0 aliphatic carbocycles. The molecule has 0 spiro atoms. The third-order valence-corrected chi connectivity index (χ3v) is 4.32. The lowest BCUT2D eigenvalue weighted by atomic mass is 9.89. The van der Waals surface area contributed by atoms with Gasteiger partial charge >= 0.3 is 0 Å². The Morgan fingerprint density at radius 3 is 2.58 bits per heavy atom. The summed E-state index contributed by atoms with van der Waals surface area (Å²) in [5.74, 6) is 1.09. The van der Waals surface area contributed by atoms with Gasteiger partial charge in [-0.05, 0) is 44.2 Å². The number of fused-ring (bicyclic) bond motifs is 1. The second-order valence-corrected chi connectivity index (χ2v) is 6.80. The molecule has 7 nitrogen and oxygen atoms in total. The van der Waals surface area contributed by atoms with Gasteiger partial charge in [-0.3, -0.25) is 14.9 Å². The molecule has 0 saturated carbocycles. The van der Waals surface area contributed by atoms with Crippen LogP contribution in [-0.2, 0) is 0 Å². The number of carbonyl (C=O) groups excluding carboxylic acids is 1. The van der Waals surface area contributed by atoms with Crippen molar-refractivity contribution < 1.29 is 19.2 Å². The van der Waals surface area contributed by atoms with Crippen LogP contribution >= 0.6 is 0 Å². The molecule has 3 rings (SSSR count). The Labute approximate surface area is 151 Å². The van der Waals surface area contributed by atoms with Gasteiger partial charge < -0.3 is 14.8 Å². The standard InChI is InChI=1S/C19H20N2O5/c1-19(2)11-16(15-10-14(25-3)8-9-17(15)26-19)20-18(22)12-4-6-13(7-5-12)21(23)24/h4-10,16H,11H2,1-3H3,(H,20,22). The number of nitro groups is 1. The van der Waals surface area contributed by atoms with Crippen LogP contribution in [-0.4, -0.2) is 23.5 Å². The van der Waals surface area contributed by atoms with E-state index in [-0.39, 0.29) is 17.6 Å². The van der Waals surface area contributed by atoms with Crippen molar-refractivity contribution in [3.63, 3.8) is 0 Å². The maximum absolute atomic E-state index is 12.6. The smallest absolute Gasteiger partial charge is 0.269 e. The van der Waals surface area contributed by atoms with Gasteiger partial charge in [0.05, 0.1) is 18.1 Å². The van der Waals surface area contributed by atoms with E-state index >= 15 is 0 Å². The number of rotatable bonds is 4. The van der Waals surface area contributed by atoms with Crippen molar-refractivity contribution in [3.05, 3.63) is 63.7 Å². The molecule has 1 aliphatic rings. The van der Waals surface area contributed by atoms with Gasteiger partial charge in [-0.1, -0.05) is 0 Å². The summed E-state index contributed by atoms with van der Waals surface area (Å²) >= 11 is 0. The lowest BCUT2D eigenvalue weighted by Crippen LogP contribution is -2.41. The average molecular weight is 356 g/mol. The maximum Gasteiger partial charge on any atom is 0.269 e. The molecule has 1 amide bonds. The molecule has 1 heterocycles. The zero-order valence-corrected chi connectivity index (χ0v) is 14.8. The molecule has 0 saturated heterocycles. The fraction of sp³-hybridized carbons (Fsp3) is 0.316. The predicted octanol–water partition coefficient (Wildman–Crippen LogP) is 3.64. The Bertz CT molecular complexity index is 846. The average Bonchev–Trinajstić information content (AvgIpc) is 2.60. The first-order valence-electron chi connectivity index (χ1n) is 8.21. The van der Waals surface area contributed by atoms with Crippen molar-refractivity contribution in [2.75, 3.05) is 7.11 Å². The maximum atomic E-state index is 12.6. The van der Waals surface area contributed by atoms with E-state index in [9.17, 15) is 14.9 Å². The van der Waals surface area contributed by atoms with E-state index in [4.69, 9.17) is 9.47 Å². The summed E-state index contributed by atoms with van der Waals surface area (Å²) in [5.41, 5.74) is 0.724. The van der Waals surface area contributed by atoms with Gasteiger partial charge in [-0.2, -0.15) is 0 Å². The lowest BCUT2D eigenvalue weighted by molar-refractivity contribution is -0.384. The van der Waals surface area contributed by atoms with Gasteiger partial charge in [0.2, 0.25) is 0 Å². The first kappa shape index (κ1) is 17.7. The van der Waals surface area contributed by atoms with Crippen molar-refractivity contribution in [3.8, 4) is 11.5 Å². The minimum atomic E-state index is -0.495. The zero-order chi connectivity index (χ0) is 18.9. The van der Waals surface area contributed by atoms with Crippen LogP contribution in [0.15, 0.2) is 42.5 Å². The fourth-order valence-electron chi connectivity index (χ4n) is 3.06. The quantitative estimate of drug-likeness (QED) is 0.667. The molecule has 0 bridgehead atoms. The summed E-state index contributed by atoms with van der Waals surface area (Å²) in [6.07, 6.45) is 0.589. The molecule has 1 aliphatic heterocycles. The predicted molar refractivity (Wildman–Crippen MR) is 95.6 cm³/mol. The van der Waals surface area contributed by atoms with Gasteiger partial charge in [0.25, 0.3) is 11.6 Å². The number of ether oxygens (including phenoxy) is 2. The Balaban J connectivity index is 1.86. The molecule has 1 atom stereocenters. The third-order valence-electron chi connectivity index (χ3n) is 4.32. The summed E-state index contributed by atoms with van der Waals surface area (Å²) in [4.78, 5) is 22.9. The number of nitrogens with zero attached hydrogens (tertiary/aromatic N) is 1. The van der Waals surface area contributed by atoms with Crippen molar-refractivity contribution in [1.29, 1.82) is 0 Å². The minimum Gasteiger partial charge on any atom is -0.497 e. The number of amides is 1. The van der Waals surface area contributed by atoms with Crippen LogP contribution in [0.2, 0.25) is 0 Å². The molecule has 2 aromatic carbocycles. The summed E-state index contributed by atoms with van der Waals surface area (Å²) in [6, 6.07) is 10.8. The number of nitro benzene ring substituents is 1. The molecule has 2 aromatic rings. The van der Waals surface area contributed by atoms with Gasteiger partial charge in [-0.25, -0.2) is 0 Å². The molecular formula is C19H20N2O5. The number of nitrogens with one attached hydrogen (secondary N) is 1. The van der Waals surface area contributed by atoms with E-state index < -0.39 is 10.5 Å². The van der Waals surface area contributed by atoms with Crippen LogP contribution in [0.4, 0.5) is 5.69 Å². The molecular weight excluding hydrogens is 336 g/mol. The number of carbonyl (C=O) groups is 1. The van der Waals surface area contributed by atoms with Crippen LogP contribution in [0.25, 0.3) is 0 Å². The number of hydrogen-bond acceptors (Lipinski definition) is 5. The lowest BCUT2D eigenvalue weighted by Gasteiger charge is -2.38. The Morgan fingerprint density at radius 2 is 1.96 bits per heavy atom. The molecule has 0 fully saturated rings. The first-order valence-corrected chi connectivity index (χ1v) is 8.21. The summed E-state index contributed by atoms with van der Waals surface area (Å²) in [6.45, 7) is 3.93. The number of hydrogen-bond donors (Lipinski definition) is 1. The molecule has 0 aromatic heterocycles. The van der Waals surface area contributed by atoms with Gasteiger partial charge in [-0.15, -0.1) is 0 Å². The monoisotopic (exact) mass is 356 g/mol. The van der Waals surface area contributed by atoms with Crippen LogP contribution < -0.4 is 14.8 Å². The Kier molecular flexibility index (Phi) is 4.54. The van der Waals surface area contributed by atoms with E-state index in [0.29, 0.717) is 23.5 Å². The van der Waals surface area contributed by atoms with Crippen LogP contribution in [0.3, 0.4) is 0 Å². The van der Waals surface area contributed by atoms with Crippen molar-refractivity contribution >= 4 is 11.6 Å². The number of benzene rings is 2. The summed E-state index contributed by atoms with van der Waals surface area (Å²) < 4.78 is 11.3. The SMILES string of the molecule is COc1ccc2c(c1)C(NC(=O)c1ccc([N+](=O)[O-])cc1)CC(C)(C)O2. The van der Waals surface area contributed by atoms with E-state index in [1.807, 2.05) is 32.0 Å². The van der Waals surface area contributed by atoms with Crippen LogP contribution in [0.1, 0.15) is 42.2 Å². The van der Waals surface area contributed by atoms with Crippen LogP contribution in [0.5, 0.6) is 11.5 Å². The van der Waals surface area contributed by atoms with Gasteiger partial charge in [0.1, 0.15) is 17.1 Å². The Hall–Kier alpha value is -3.09. The van der Waals surface area contributed by atoms with E-state index in [0.717, 1.165) is 5.56 Å². The molecule has 7 heteroatoms. The summed E-state index contributed by atoms with van der Waals surface area (Å²) in [7, 11) is 1.58. The van der Waals surface area contributed by atoms with E-state index in [1.54, 1.807) is 7.11 Å². The second kappa shape index (κ2) is 6.67. The first-order chi connectivity index (χ1) is 12.3. The number of methoxy groups -OCH3 is 1. The molecule has 136 valence electrons. The largest absolute Gasteiger partial charge is 0.497 e. The van der Waals surface area contributed by atoms with Crippen molar-refractivity contribution in [2.45, 2.75) is 31.9 Å². The summed E-state index contributed by atoms with van der Waals surface area (Å²) in [5, 5.41) is 13.8. The molecule has 1 unspecified atom stereocenters. The van der Waals surface area contributed by atoms with Crippen molar-refractivity contribution in [2.24, 2.45) is 0 Å². The third kappa shape index (κ3) is 3.61. The zero-order valence-electron chi connectivity index (χ0n) is 14.8. The number of non-ortho nitro benzene ring substituents is 1. The van der Waals surface area contributed by atoms with E-state index in [2.05, 4.69) is 5.32 Å². The molecule has 0 radical (unpaired) electrons. The minimum absolute atomic E-state index is 0.0520. The van der Waals surface area contributed by atoms with Gasteiger partial charge in [0, 0.05) is 29.7 Å². The topological polar surface area (TPSA) is 90.7 Å². The highest BCUT2D eigenvalue weighted by atomic mass is 16.6. The van der Waals surface area contributed by atoms with E-state index in [1.165, 1.54) is 24.3 Å².